The maximum Gasteiger partial charge on any atom is 0.206 e. The molecule has 28 heavy (non-hydrogen) atoms. The number of hydrazone groups is 1. The molecule has 4 rings (SSSR count). The third-order valence-electron chi connectivity index (χ3n) is 4.43. The van der Waals surface area contributed by atoms with Gasteiger partial charge in [-0.15, -0.1) is 5.10 Å². The van der Waals surface area contributed by atoms with Gasteiger partial charge in [0, 0.05) is 18.5 Å². The van der Waals surface area contributed by atoms with Crippen molar-refractivity contribution >= 4 is 17.3 Å². The lowest BCUT2D eigenvalue weighted by Crippen LogP contribution is -2.34. The lowest BCUT2D eigenvalue weighted by Gasteiger charge is -2.28. The van der Waals surface area contributed by atoms with Crippen LogP contribution >= 0.6 is 0 Å². The van der Waals surface area contributed by atoms with E-state index in [1.54, 1.807) is 4.90 Å². The normalized spacial score (nSPS) is 15.6. The summed E-state index contributed by atoms with van der Waals surface area (Å²) in [6.45, 7) is 1.52. The lowest BCUT2D eigenvalue weighted by molar-refractivity contribution is -0.111. The minimum absolute atomic E-state index is 0.123. The second kappa shape index (κ2) is 7.81. The number of anilines is 1. The van der Waals surface area contributed by atoms with E-state index in [9.17, 15) is 4.79 Å². The second-order valence-electron chi connectivity index (χ2n) is 6.42. The van der Waals surface area contributed by atoms with Crippen LogP contribution in [0.25, 0.3) is 0 Å². The number of carbonyl (C=O) groups excluding carboxylic acids is 1. The van der Waals surface area contributed by atoms with E-state index in [0.29, 0.717) is 5.84 Å². The first-order valence-corrected chi connectivity index (χ1v) is 9.09. The summed E-state index contributed by atoms with van der Waals surface area (Å²) in [5.41, 5.74) is 2.79. The fraction of sp³-hybridized carbons (Fsp3) is 0.0833. The molecule has 0 aromatic heterocycles. The highest BCUT2D eigenvalue weighted by molar-refractivity contribution is 6.39. The molecule has 0 fully saturated rings. The molecule has 1 unspecified atom stereocenters. The molecule has 0 bridgehead atoms. The quantitative estimate of drug-likeness (QED) is 0.645. The van der Waals surface area contributed by atoms with Gasteiger partial charge >= 0.3 is 0 Å². The van der Waals surface area contributed by atoms with Crippen molar-refractivity contribution in [3.05, 3.63) is 102 Å². The predicted molar refractivity (Wildman–Crippen MR) is 111 cm³/mol. The van der Waals surface area contributed by atoms with Gasteiger partial charge in [-0.1, -0.05) is 66.7 Å². The van der Waals surface area contributed by atoms with Gasteiger partial charge in [0.05, 0.1) is 5.69 Å². The molecule has 1 aliphatic rings. The summed E-state index contributed by atoms with van der Waals surface area (Å²) in [6, 6.07) is 32.7. The van der Waals surface area contributed by atoms with Crippen LogP contribution in [-0.4, -0.2) is 16.5 Å². The number of ketones is 1. The Balaban J connectivity index is 1.82. The molecule has 0 saturated carbocycles. The van der Waals surface area contributed by atoms with Crippen LogP contribution in [-0.2, 0) is 4.79 Å². The van der Waals surface area contributed by atoms with E-state index in [-0.39, 0.29) is 11.9 Å². The molecule has 4 heteroatoms. The van der Waals surface area contributed by atoms with E-state index >= 15 is 0 Å². The highest BCUT2D eigenvalue weighted by Crippen LogP contribution is 2.35. The first-order chi connectivity index (χ1) is 13.7. The SMILES string of the molecule is CC(=O)C1=NN(c2ccccc2)C(c2ccccc2)N1C#Cc1ccccc1. The topological polar surface area (TPSA) is 35.9 Å². The average molecular weight is 365 g/mol. The highest BCUT2D eigenvalue weighted by atomic mass is 16.1. The maximum absolute atomic E-state index is 12.4. The molecular formula is C24H19N3O. The van der Waals surface area contributed by atoms with Crippen molar-refractivity contribution in [1.82, 2.24) is 4.90 Å². The van der Waals surface area contributed by atoms with Crippen LogP contribution in [0.3, 0.4) is 0 Å². The van der Waals surface area contributed by atoms with Gasteiger partial charge in [0.15, 0.2) is 11.9 Å². The number of Topliss-reactive ketones (excluding diaryl/α,β-unsaturated/α-hetero) is 1. The number of hydrogen-bond donors (Lipinski definition) is 0. The molecule has 3 aromatic carbocycles. The minimum Gasteiger partial charge on any atom is -0.291 e. The third kappa shape index (κ3) is 3.51. The van der Waals surface area contributed by atoms with Crippen molar-refractivity contribution in [1.29, 1.82) is 0 Å². The summed E-state index contributed by atoms with van der Waals surface area (Å²) >= 11 is 0. The van der Waals surface area contributed by atoms with Crippen molar-refractivity contribution in [2.24, 2.45) is 5.10 Å². The molecule has 0 radical (unpaired) electrons. The number of carbonyl (C=O) groups is 1. The fourth-order valence-corrected chi connectivity index (χ4v) is 3.13. The summed E-state index contributed by atoms with van der Waals surface area (Å²) < 4.78 is 0. The first-order valence-electron chi connectivity index (χ1n) is 9.09. The number of para-hydroxylation sites is 1. The van der Waals surface area contributed by atoms with Crippen molar-refractivity contribution in [3.8, 4) is 12.0 Å². The Bertz CT molecular complexity index is 1050. The maximum atomic E-state index is 12.4. The lowest BCUT2D eigenvalue weighted by atomic mass is 10.1. The van der Waals surface area contributed by atoms with Crippen molar-refractivity contribution in [2.45, 2.75) is 13.1 Å². The fourth-order valence-electron chi connectivity index (χ4n) is 3.13. The monoisotopic (exact) mass is 365 g/mol. The van der Waals surface area contributed by atoms with Crippen LogP contribution in [0.4, 0.5) is 5.69 Å². The molecule has 1 aliphatic heterocycles. The molecule has 1 heterocycles. The van der Waals surface area contributed by atoms with Crippen molar-refractivity contribution in [2.75, 3.05) is 5.01 Å². The van der Waals surface area contributed by atoms with Crippen LogP contribution in [0.15, 0.2) is 96.1 Å². The smallest absolute Gasteiger partial charge is 0.206 e. The summed E-state index contributed by atoms with van der Waals surface area (Å²) in [4.78, 5) is 14.1. The first kappa shape index (κ1) is 17.6. The van der Waals surface area contributed by atoms with Gasteiger partial charge < -0.3 is 0 Å². The molecular weight excluding hydrogens is 346 g/mol. The van der Waals surface area contributed by atoms with Crippen molar-refractivity contribution in [3.63, 3.8) is 0 Å². The summed E-state index contributed by atoms with van der Waals surface area (Å²) in [5.74, 6) is 3.37. The van der Waals surface area contributed by atoms with Crippen LogP contribution in [0.5, 0.6) is 0 Å². The summed E-state index contributed by atoms with van der Waals surface area (Å²) in [6.07, 6.45) is -0.321. The molecule has 0 amide bonds. The molecule has 0 aliphatic carbocycles. The molecule has 136 valence electrons. The van der Waals surface area contributed by atoms with Crippen molar-refractivity contribution < 1.29 is 4.79 Å². The Hall–Kier alpha value is -3.84. The Morgan fingerprint density at radius 1 is 0.857 bits per heavy atom. The molecule has 0 spiro atoms. The molecule has 0 saturated heterocycles. The second-order valence-corrected chi connectivity index (χ2v) is 6.42. The molecule has 4 nitrogen and oxygen atoms in total. The zero-order chi connectivity index (χ0) is 19.3. The molecule has 1 atom stereocenters. The van der Waals surface area contributed by atoms with Gasteiger partial charge in [-0.05, 0) is 35.7 Å². The van der Waals surface area contributed by atoms with Gasteiger partial charge in [0.1, 0.15) is 0 Å². The zero-order valence-corrected chi connectivity index (χ0v) is 15.5. The van der Waals surface area contributed by atoms with Gasteiger partial charge in [-0.2, -0.15) is 0 Å². The standard InChI is InChI=1S/C24H19N3O/c1-19(28)23-25-27(22-15-9-4-10-16-22)24(21-13-7-3-8-14-21)26(23)18-17-20-11-5-2-6-12-20/h2-16,24H,1H3. The molecule has 0 N–H and O–H groups in total. The minimum atomic E-state index is -0.321. The van der Waals surface area contributed by atoms with Crippen LogP contribution in [0.1, 0.15) is 24.2 Å². The van der Waals surface area contributed by atoms with Crippen LogP contribution in [0, 0.1) is 12.0 Å². The van der Waals surface area contributed by atoms with E-state index in [2.05, 4.69) is 17.1 Å². The largest absolute Gasteiger partial charge is 0.291 e. The summed E-state index contributed by atoms with van der Waals surface area (Å²) in [5, 5.41) is 6.49. The zero-order valence-electron chi connectivity index (χ0n) is 15.5. The van der Waals surface area contributed by atoms with E-state index in [0.717, 1.165) is 16.8 Å². The van der Waals surface area contributed by atoms with Gasteiger partial charge in [0.25, 0.3) is 0 Å². The number of nitrogens with zero attached hydrogens (tertiary/aromatic N) is 3. The van der Waals surface area contributed by atoms with Crippen LogP contribution in [0.2, 0.25) is 0 Å². The van der Waals surface area contributed by atoms with Crippen LogP contribution < -0.4 is 5.01 Å². The third-order valence-corrected chi connectivity index (χ3v) is 4.43. The van der Waals surface area contributed by atoms with E-state index < -0.39 is 0 Å². The number of hydrogen-bond acceptors (Lipinski definition) is 4. The average Bonchev–Trinajstić information content (AvgIpc) is 3.14. The Morgan fingerprint density at radius 2 is 1.43 bits per heavy atom. The van der Waals surface area contributed by atoms with E-state index in [1.807, 2.05) is 96.0 Å². The number of amidine groups is 1. The summed E-state index contributed by atoms with van der Waals surface area (Å²) in [7, 11) is 0. The van der Waals surface area contributed by atoms with Gasteiger partial charge in [0.2, 0.25) is 5.84 Å². The Morgan fingerprint density at radius 3 is 2.04 bits per heavy atom. The Kier molecular flexibility index (Phi) is 4.90. The van der Waals surface area contributed by atoms with Gasteiger partial charge in [-0.25, -0.2) is 5.01 Å². The molecule has 3 aromatic rings. The van der Waals surface area contributed by atoms with Gasteiger partial charge in [-0.3, -0.25) is 9.69 Å². The highest BCUT2D eigenvalue weighted by Gasteiger charge is 2.37. The number of benzene rings is 3. The Labute approximate surface area is 164 Å². The predicted octanol–water partition coefficient (Wildman–Crippen LogP) is 4.42. The number of rotatable bonds is 3. The van der Waals surface area contributed by atoms with E-state index in [1.165, 1.54) is 6.92 Å². The van der Waals surface area contributed by atoms with E-state index in [4.69, 9.17) is 0 Å².